The van der Waals surface area contributed by atoms with Crippen molar-refractivity contribution in [2.24, 2.45) is 5.92 Å². The summed E-state index contributed by atoms with van der Waals surface area (Å²) in [4.78, 5) is 4.32. The van der Waals surface area contributed by atoms with Gasteiger partial charge in [0.25, 0.3) is 0 Å². The van der Waals surface area contributed by atoms with Crippen LogP contribution >= 0.6 is 23.4 Å². The van der Waals surface area contributed by atoms with Crippen LogP contribution in [0.2, 0.25) is 0 Å². The zero-order valence-corrected chi connectivity index (χ0v) is 12.5. The van der Waals surface area contributed by atoms with E-state index in [2.05, 4.69) is 4.98 Å². The van der Waals surface area contributed by atoms with E-state index in [1.165, 1.54) is 6.07 Å². The summed E-state index contributed by atoms with van der Waals surface area (Å²) >= 11 is 7.73. The van der Waals surface area contributed by atoms with Gasteiger partial charge in [-0.1, -0.05) is 0 Å². The molecule has 1 aliphatic rings. The maximum absolute atomic E-state index is 13.8. The minimum atomic E-state index is -0.602. The van der Waals surface area contributed by atoms with E-state index in [0.29, 0.717) is 23.7 Å². The van der Waals surface area contributed by atoms with E-state index >= 15 is 0 Å². The number of benzene rings is 1. The molecule has 1 aromatic heterocycles. The van der Waals surface area contributed by atoms with E-state index in [4.69, 9.17) is 11.6 Å². The van der Waals surface area contributed by atoms with Crippen LogP contribution in [0.5, 0.6) is 0 Å². The van der Waals surface area contributed by atoms with Gasteiger partial charge < -0.3 is 4.57 Å². The zero-order chi connectivity index (χ0) is 14.1. The summed E-state index contributed by atoms with van der Waals surface area (Å²) in [6.45, 7) is 0.763. The Morgan fingerprint density at radius 3 is 2.95 bits per heavy atom. The number of nitrogens with zero attached hydrogens (tertiary/aromatic N) is 2. The van der Waals surface area contributed by atoms with Gasteiger partial charge in [0.05, 0.1) is 5.52 Å². The smallest absolute Gasteiger partial charge is 0.153 e. The van der Waals surface area contributed by atoms with Gasteiger partial charge >= 0.3 is 0 Å². The molecule has 2 aromatic rings. The Hall–Kier alpha value is -0.810. The summed E-state index contributed by atoms with van der Waals surface area (Å²) in [5, 5.41) is 0. The molecule has 2 nitrogen and oxygen atoms in total. The van der Waals surface area contributed by atoms with Crippen molar-refractivity contribution < 1.29 is 8.78 Å². The summed E-state index contributed by atoms with van der Waals surface area (Å²) < 4.78 is 29.3. The van der Waals surface area contributed by atoms with E-state index in [1.54, 1.807) is 0 Å². The number of aryl methyl sites for hydroxylation is 1. The van der Waals surface area contributed by atoms with Gasteiger partial charge in [-0.2, -0.15) is 11.8 Å². The number of rotatable bonds is 4. The Bertz CT molecular complexity index is 623. The van der Waals surface area contributed by atoms with Crippen LogP contribution in [-0.4, -0.2) is 26.9 Å². The van der Waals surface area contributed by atoms with Gasteiger partial charge in [-0.25, -0.2) is 13.8 Å². The van der Waals surface area contributed by atoms with Gasteiger partial charge in [-0.05, 0) is 29.9 Å². The van der Waals surface area contributed by atoms with Gasteiger partial charge in [-0.3, -0.25) is 0 Å². The number of halogens is 3. The number of hydrogen-bond donors (Lipinski definition) is 0. The average molecular weight is 317 g/mol. The van der Waals surface area contributed by atoms with Crippen LogP contribution in [0, 0.1) is 17.6 Å². The molecular weight excluding hydrogens is 302 g/mol. The largest absolute Gasteiger partial charge is 0.327 e. The molecule has 3 rings (SSSR count). The van der Waals surface area contributed by atoms with E-state index in [9.17, 15) is 8.78 Å². The highest BCUT2D eigenvalue weighted by Crippen LogP contribution is 2.28. The Kier molecular flexibility index (Phi) is 4.17. The summed E-state index contributed by atoms with van der Waals surface area (Å²) in [5.41, 5.74) is 0.789. The SMILES string of the molecule is Fc1cc(F)c2nc(CCCl)n(CC3CCSC3)c2c1. The molecule has 0 spiro atoms. The van der Waals surface area contributed by atoms with Crippen LogP contribution in [-0.2, 0) is 13.0 Å². The fourth-order valence-electron chi connectivity index (χ4n) is 2.66. The molecule has 1 fully saturated rings. The second kappa shape index (κ2) is 5.90. The second-order valence-corrected chi connectivity index (χ2v) is 6.59. The maximum atomic E-state index is 13.8. The van der Waals surface area contributed by atoms with Gasteiger partial charge in [0.1, 0.15) is 17.2 Å². The molecule has 0 N–H and O–H groups in total. The normalized spacial score (nSPS) is 19.1. The van der Waals surface area contributed by atoms with Crippen LogP contribution in [0.1, 0.15) is 12.2 Å². The Balaban J connectivity index is 2.07. The Labute approximate surface area is 125 Å². The first-order valence-corrected chi connectivity index (χ1v) is 8.36. The van der Waals surface area contributed by atoms with Gasteiger partial charge in [0.15, 0.2) is 5.82 Å². The predicted octanol–water partition coefficient (Wildman–Crippen LogP) is 3.85. The quantitative estimate of drug-likeness (QED) is 0.797. The van der Waals surface area contributed by atoms with Crippen LogP contribution in [0.15, 0.2) is 12.1 Å². The molecule has 1 saturated heterocycles. The van der Waals surface area contributed by atoms with Crippen LogP contribution in [0.3, 0.4) is 0 Å². The molecule has 6 heteroatoms. The molecule has 20 heavy (non-hydrogen) atoms. The highest BCUT2D eigenvalue weighted by molar-refractivity contribution is 7.99. The number of imidazole rings is 1. The lowest BCUT2D eigenvalue weighted by Crippen LogP contribution is -2.13. The molecular formula is C14H15ClF2N2S. The molecule has 2 heterocycles. The van der Waals surface area contributed by atoms with Crippen molar-refractivity contribution in [3.05, 3.63) is 29.6 Å². The minimum Gasteiger partial charge on any atom is -0.327 e. The molecule has 108 valence electrons. The van der Waals surface area contributed by atoms with Crippen LogP contribution < -0.4 is 0 Å². The molecule has 1 unspecified atom stereocenters. The summed E-state index contributed by atoms with van der Waals surface area (Å²) in [6, 6.07) is 2.25. The first-order valence-electron chi connectivity index (χ1n) is 6.67. The Morgan fingerprint density at radius 1 is 1.40 bits per heavy atom. The van der Waals surface area contributed by atoms with Crippen molar-refractivity contribution in [1.82, 2.24) is 9.55 Å². The van der Waals surface area contributed by atoms with Crippen molar-refractivity contribution in [2.45, 2.75) is 19.4 Å². The number of fused-ring (bicyclic) bond motifs is 1. The minimum absolute atomic E-state index is 0.247. The van der Waals surface area contributed by atoms with Crippen LogP contribution in [0.4, 0.5) is 8.78 Å². The summed E-state index contributed by atoms with van der Waals surface area (Å²) in [5.74, 6) is 2.80. The average Bonchev–Trinajstić information content (AvgIpc) is 3.01. The third-order valence-corrected chi connectivity index (χ3v) is 5.05. The van der Waals surface area contributed by atoms with Crippen molar-refractivity contribution >= 4 is 34.4 Å². The fraction of sp³-hybridized carbons (Fsp3) is 0.500. The van der Waals surface area contributed by atoms with Crippen molar-refractivity contribution in [3.8, 4) is 0 Å². The lowest BCUT2D eigenvalue weighted by molar-refractivity contribution is 0.489. The first-order chi connectivity index (χ1) is 9.69. The number of hydrogen-bond acceptors (Lipinski definition) is 2. The van der Waals surface area contributed by atoms with Crippen molar-refractivity contribution in [1.29, 1.82) is 0 Å². The molecule has 0 amide bonds. The maximum Gasteiger partial charge on any atom is 0.153 e. The number of alkyl halides is 1. The molecule has 0 saturated carbocycles. The van der Waals surface area contributed by atoms with Crippen molar-refractivity contribution in [3.63, 3.8) is 0 Å². The number of aromatic nitrogens is 2. The second-order valence-electron chi connectivity index (χ2n) is 5.06. The first kappa shape index (κ1) is 14.1. The zero-order valence-electron chi connectivity index (χ0n) is 10.9. The standard InChI is InChI=1S/C14H15ClF2N2S/c15-3-1-13-18-14-11(17)5-10(16)6-12(14)19(13)7-9-2-4-20-8-9/h5-6,9H,1-4,7-8H2. The van der Waals surface area contributed by atoms with E-state index in [0.717, 1.165) is 36.4 Å². The van der Waals surface area contributed by atoms with E-state index in [1.807, 2.05) is 16.3 Å². The summed E-state index contributed by atoms with van der Waals surface area (Å²) in [6.07, 6.45) is 1.71. The lowest BCUT2D eigenvalue weighted by Gasteiger charge is -2.13. The molecule has 0 radical (unpaired) electrons. The molecule has 1 aromatic carbocycles. The van der Waals surface area contributed by atoms with Crippen LogP contribution in [0.25, 0.3) is 11.0 Å². The van der Waals surface area contributed by atoms with Gasteiger partial charge in [0, 0.05) is 24.9 Å². The third kappa shape index (κ3) is 2.66. The van der Waals surface area contributed by atoms with E-state index < -0.39 is 11.6 Å². The summed E-state index contributed by atoms with van der Waals surface area (Å²) in [7, 11) is 0. The molecule has 1 atom stereocenters. The highest BCUT2D eigenvalue weighted by atomic mass is 35.5. The molecule has 1 aliphatic heterocycles. The van der Waals surface area contributed by atoms with Gasteiger partial charge in [-0.15, -0.1) is 11.6 Å². The topological polar surface area (TPSA) is 17.8 Å². The van der Waals surface area contributed by atoms with E-state index in [-0.39, 0.29) is 5.52 Å². The van der Waals surface area contributed by atoms with Gasteiger partial charge in [0.2, 0.25) is 0 Å². The Morgan fingerprint density at radius 2 is 2.25 bits per heavy atom. The number of thioether (sulfide) groups is 1. The fourth-order valence-corrected chi connectivity index (χ4v) is 4.10. The lowest BCUT2D eigenvalue weighted by atomic mass is 10.1. The molecule has 0 bridgehead atoms. The molecule has 0 aliphatic carbocycles. The third-order valence-electron chi connectivity index (χ3n) is 3.63. The monoisotopic (exact) mass is 316 g/mol. The predicted molar refractivity (Wildman–Crippen MR) is 79.5 cm³/mol. The highest BCUT2D eigenvalue weighted by Gasteiger charge is 2.21. The van der Waals surface area contributed by atoms with Crippen molar-refractivity contribution in [2.75, 3.05) is 17.4 Å².